The molecular formula is C23H27N5O4S2. The van der Waals surface area contributed by atoms with E-state index < -0.39 is 15.9 Å². The summed E-state index contributed by atoms with van der Waals surface area (Å²) in [6, 6.07) is 5.31. The standard InChI is InChI=1S/C23H27N5O4S2/c1-14-6-4-10-24-20(14)25-22(29)17-9-5-11-28(13-17)34(30,31)19-12-18(33-15(19)2)21-26-23(32-27-21)16-7-3-8-16/h4,6,10,12,16-17H,3,5,7-9,11,13H2,1-2H3,(H,24,25,29). The Hall–Kier alpha value is -2.63. The second kappa shape index (κ2) is 9.20. The van der Waals surface area contributed by atoms with Crippen molar-refractivity contribution in [3.63, 3.8) is 0 Å². The highest BCUT2D eigenvalue weighted by Crippen LogP contribution is 2.38. The number of aromatic nitrogens is 3. The van der Waals surface area contributed by atoms with Crippen LogP contribution in [0.25, 0.3) is 10.7 Å². The number of thiophene rings is 1. The van der Waals surface area contributed by atoms with E-state index in [1.807, 2.05) is 13.0 Å². The van der Waals surface area contributed by atoms with E-state index >= 15 is 0 Å². The molecule has 11 heteroatoms. The molecule has 1 saturated heterocycles. The van der Waals surface area contributed by atoms with Gasteiger partial charge < -0.3 is 9.84 Å². The highest BCUT2D eigenvalue weighted by molar-refractivity contribution is 7.89. The number of amides is 1. The molecule has 9 nitrogen and oxygen atoms in total. The first-order valence-corrected chi connectivity index (χ1v) is 13.8. The van der Waals surface area contributed by atoms with E-state index in [1.54, 1.807) is 25.3 Å². The number of hydrogen-bond acceptors (Lipinski definition) is 8. The molecule has 1 amide bonds. The average Bonchev–Trinajstić information content (AvgIpc) is 3.41. The van der Waals surface area contributed by atoms with Crippen LogP contribution in [-0.4, -0.2) is 46.8 Å². The molecule has 180 valence electrons. The van der Waals surface area contributed by atoms with E-state index in [2.05, 4.69) is 20.4 Å². The highest BCUT2D eigenvalue weighted by atomic mass is 32.2. The van der Waals surface area contributed by atoms with Crippen LogP contribution >= 0.6 is 11.3 Å². The Balaban J connectivity index is 1.32. The topological polar surface area (TPSA) is 118 Å². The van der Waals surface area contributed by atoms with Gasteiger partial charge in [0, 0.05) is 30.1 Å². The number of pyridine rings is 1. The number of piperidine rings is 1. The van der Waals surface area contributed by atoms with Crippen molar-refractivity contribution in [1.29, 1.82) is 0 Å². The second-order valence-corrected chi connectivity index (χ2v) is 12.1. The lowest BCUT2D eigenvalue weighted by Crippen LogP contribution is -2.43. The summed E-state index contributed by atoms with van der Waals surface area (Å²) in [5.74, 6) is 1.23. The van der Waals surface area contributed by atoms with Crippen molar-refractivity contribution in [3.8, 4) is 10.7 Å². The van der Waals surface area contributed by atoms with Crippen LogP contribution in [0.2, 0.25) is 0 Å². The summed E-state index contributed by atoms with van der Waals surface area (Å²) >= 11 is 1.34. The first kappa shape index (κ1) is 23.1. The smallest absolute Gasteiger partial charge is 0.244 e. The maximum absolute atomic E-state index is 13.5. The molecule has 3 aromatic heterocycles. The van der Waals surface area contributed by atoms with E-state index in [4.69, 9.17) is 4.52 Å². The molecule has 1 unspecified atom stereocenters. The van der Waals surface area contributed by atoms with E-state index in [9.17, 15) is 13.2 Å². The van der Waals surface area contributed by atoms with E-state index in [0.717, 1.165) is 18.4 Å². The van der Waals surface area contributed by atoms with Crippen LogP contribution in [0.1, 0.15) is 54.4 Å². The van der Waals surface area contributed by atoms with E-state index in [0.29, 0.717) is 52.6 Å². The lowest BCUT2D eigenvalue weighted by molar-refractivity contribution is -0.120. The van der Waals surface area contributed by atoms with Crippen molar-refractivity contribution < 1.29 is 17.7 Å². The van der Waals surface area contributed by atoms with Crippen molar-refractivity contribution in [3.05, 3.63) is 40.7 Å². The Kier molecular flexibility index (Phi) is 6.26. The van der Waals surface area contributed by atoms with Crippen LogP contribution < -0.4 is 5.32 Å². The number of sulfonamides is 1. The zero-order chi connectivity index (χ0) is 23.9. The molecule has 1 saturated carbocycles. The van der Waals surface area contributed by atoms with Gasteiger partial charge in [0.25, 0.3) is 0 Å². The largest absolute Gasteiger partial charge is 0.339 e. The van der Waals surface area contributed by atoms with Gasteiger partial charge in [-0.2, -0.15) is 9.29 Å². The lowest BCUT2D eigenvalue weighted by Gasteiger charge is -2.31. The van der Waals surface area contributed by atoms with Crippen LogP contribution in [0.5, 0.6) is 0 Å². The minimum atomic E-state index is -3.77. The van der Waals surface area contributed by atoms with Gasteiger partial charge in [-0.3, -0.25) is 4.79 Å². The first-order chi connectivity index (χ1) is 16.3. The molecule has 5 rings (SSSR count). The molecule has 0 radical (unpaired) electrons. The molecule has 3 aromatic rings. The predicted octanol–water partition coefficient (Wildman–Crippen LogP) is 4.12. The van der Waals surface area contributed by atoms with E-state index in [-0.39, 0.29) is 17.3 Å². The van der Waals surface area contributed by atoms with Gasteiger partial charge >= 0.3 is 0 Å². The van der Waals surface area contributed by atoms with Crippen molar-refractivity contribution in [2.24, 2.45) is 5.92 Å². The lowest BCUT2D eigenvalue weighted by atomic mass is 9.85. The van der Waals surface area contributed by atoms with Crippen LogP contribution in [0.3, 0.4) is 0 Å². The molecule has 4 heterocycles. The van der Waals surface area contributed by atoms with Gasteiger partial charge in [0.2, 0.25) is 27.6 Å². The third-order valence-corrected chi connectivity index (χ3v) is 9.78. The zero-order valence-corrected chi connectivity index (χ0v) is 20.8. The van der Waals surface area contributed by atoms with Gasteiger partial charge in [0.1, 0.15) is 5.82 Å². The number of carbonyl (C=O) groups excluding carboxylic acids is 1. The molecule has 0 spiro atoms. The second-order valence-electron chi connectivity index (χ2n) is 8.98. The molecular weight excluding hydrogens is 474 g/mol. The zero-order valence-electron chi connectivity index (χ0n) is 19.2. The first-order valence-electron chi connectivity index (χ1n) is 11.5. The van der Waals surface area contributed by atoms with Crippen molar-refractivity contribution >= 4 is 33.1 Å². The van der Waals surface area contributed by atoms with Crippen molar-refractivity contribution in [2.75, 3.05) is 18.4 Å². The summed E-state index contributed by atoms with van der Waals surface area (Å²) in [4.78, 5) is 23.2. The van der Waals surface area contributed by atoms with Crippen molar-refractivity contribution in [2.45, 2.75) is 56.8 Å². The van der Waals surface area contributed by atoms with Crippen molar-refractivity contribution in [1.82, 2.24) is 19.4 Å². The predicted molar refractivity (Wildman–Crippen MR) is 128 cm³/mol. The monoisotopic (exact) mass is 501 g/mol. The molecule has 1 atom stereocenters. The Bertz CT molecular complexity index is 1310. The minimum absolute atomic E-state index is 0.138. The average molecular weight is 502 g/mol. The Morgan fingerprint density at radius 2 is 2.06 bits per heavy atom. The van der Waals surface area contributed by atoms with Crippen LogP contribution in [0.4, 0.5) is 5.82 Å². The molecule has 1 aliphatic carbocycles. The number of nitrogens with one attached hydrogen (secondary N) is 1. The SMILES string of the molecule is Cc1cccnc1NC(=O)C1CCCN(S(=O)(=O)c2cc(-c3noc(C4CCC4)n3)sc2C)C1. The van der Waals surface area contributed by atoms with Gasteiger partial charge in [-0.1, -0.05) is 17.6 Å². The fourth-order valence-corrected chi connectivity index (χ4v) is 7.35. The number of hydrogen-bond donors (Lipinski definition) is 1. The van der Waals surface area contributed by atoms with Gasteiger partial charge in [-0.25, -0.2) is 13.4 Å². The third kappa shape index (κ3) is 4.39. The number of nitrogens with zero attached hydrogens (tertiary/aromatic N) is 4. The molecule has 2 aliphatic rings. The summed E-state index contributed by atoms with van der Waals surface area (Å²) in [7, 11) is -3.77. The Morgan fingerprint density at radius 3 is 2.79 bits per heavy atom. The minimum Gasteiger partial charge on any atom is -0.339 e. The van der Waals surface area contributed by atoms with E-state index in [1.165, 1.54) is 22.1 Å². The number of rotatable bonds is 6. The number of aryl methyl sites for hydroxylation is 2. The van der Waals surface area contributed by atoms with Gasteiger partial charge in [0.05, 0.1) is 15.7 Å². The summed E-state index contributed by atoms with van der Waals surface area (Å²) in [6.45, 7) is 4.17. The Morgan fingerprint density at radius 1 is 1.24 bits per heavy atom. The van der Waals surface area contributed by atoms with Gasteiger partial charge in [-0.05, 0) is 57.2 Å². The summed E-state index contributed by atoms with van der Waals surface area (Å²) in [5, 5.41) is 6.93. The highest BCUT2D eigenvalue weighted by Gasteiger charge is 2.35. The number of carbonyl (C=O) groups is 1. The molecule has 2 fully saturated rings. The molecule has 34 heavy (non-hydrogen) atoms. The maximum atomic E-state index is 13.5. The van der Waals surface area contributed by atoms with Gasteiger partial charge in [-0.15, -0.1) is 11.3 Å². The summed E-state index contributed by atoms with van der Waals surface area (Å²) in [5.41, 5.74) is 0.861. The molecule has 1 aliphatic heterocycles. The summed E-state index contributed by atoms with van der Waals surface area (Å²) in [6.07, 6.45) is 6.13. The van der Waals surface area contributed by atoms with Crippen LogP contribution in [0.15, 0.2) is 33.8 Å². The van der Waals surface area contributed by atoms with Crippen LogP contribution in [-0.2, 0) is 14.8 Å². The molecule has 0 aromatic carbocycles. The summed E-state index contributed by atoms with van der Waals surface area (Å²) < 4.78 is 33.9. The fourth-order valence-electron chi connectivity index (χ4n) is 4.34. The fraction of sp³-hybridized carbons (Fsp3) is 0.478. The molecule has 1 N–H and O–H groups in total. The molecule has 0 bridgehead atoms. The normalized spacial score (nSPS) is 19.6. The van der Waals surface area contributed by atoms with Gasteiger partial charge in [0.15, 0.2) is 0 Å². The van der Waals surface area contributed by atoms with Crippen LogP contribution in [0, 0.1) is 19.8 Å². The Labute approximate surface area is 202 Å². The maximum Gasteiger partial charge on any atom is 0.244 e. The number of anilines is 1. The quantitative estimate of drug-likeness (QED) is 0.540. The third-order valence-electron chi connectivity index (χ3n) is 6.61.